The molecule has 2 fully saturated rings. The van der Waals surface area contributed by atoms with Gasteiger partial charge in [-0.2, -0.15) is 0 Å². The fourth-order valence-electron chi connectivity index (χ4n) is 4.00. The number of nitrogens with one attached hydrogen (secondary N) is 1. The van der Waals surface area contributed by atoms with Crippen molar-refractivity contribution in [3.8, 4) is 0 Å². The molecule has 1 aromatic rings. The van der Waals surface area contributed by atoms with Crippen LogP contribution in [0.25, 0.3) is 0 Å². The van der Waals surface area contributed by atoms with E-state index < -0.39 is 0 Å². The van der Waals surface area contributed by atoms with E-state index in [2.05, 4.69) is 41.4 Å². The molecule has 0 bridgehead atoms. The van der Waals surface area contributed by atoms with Gasteiger partial charge in [-0.25, -0.2) is 0 Å². The highest BCUT2D eigenvalue weighted by Gasteiger charge is 2.31. The summed E-state index contributed by atoms with van der Waals surface area (Å²) in [4.78, 5) is 28.4. The van der Waals surface area contributed by atoms with Crippen molar-refractivity contribution in [2.45, 2.75) is 45.2 Å². The Morgan fingerprint density at radius 1 is 1.12 bits per heavy atom. The van der Waals surface area contributed by atoms with Gasteiger partial charge in [0.15, 0.2) is 0 Å². The smallest absolute Gasteiger partial charge is 0.225 e. The summed E-state index contributed by atoms with van der Waals surface area (Å²) in [6, 6.07) is 11.1. The van der Waals surface area contributed by atoms with Crippen LogP contribution in [-0.4, -0.2) is 53.8 Å². The number of rotatable bonds is 4. The zero-order valence-electron chi connectivity index (χ0n) is 15.3. The Kier molecular flexibility index (Phi) is 5.74. The molecule has 25 heavy (non-hydrogen) atoms. The fourth-order valence-corrected chi connectivity index (χ4v) is 4.00. The second-order valence-electron chi connectivity index (χ2n) is 7.38. The first kappa shape index (κ1) is 17.9. The zero-order valence-corrected chi connectivity index (χ0v) is 15.3. The first-order valence-corrected chi connectivity index (χ1v) is 9.39. The molecule has 5 nitrogen and oxygen atoms in total. The van der Waals surface area contributed by atoms with Crippen LogP contribution in [0.15, 0.2) is 30.3 Å². The molecule has 0 spiro atoms. The van der Waals surface area contributed by atoms with Gasteiger partial charge in [0.25, 0.3) is 0 Å². The van der Waals surface area contributed by atoms with Crippen LogP contribution in [0.1, 0.15) is 44.7 Å². The van der Waals surface area contributed by atoms with Gasteiger partial charge in [-0.3, -0.25) is 14.5 Å². The maximum Gasteiger partial charge on any atom is 0.225 e. The van der Waals surface area contributed by atoms with Gasteiger partial charge in [-0.15, -0.1) is 0 Å². The summed E-state index contributed by atoms with van der Waals surface area (Å²) < 4.78 is 0. The summed E-state index contributed by atoms with van der Waals surface area (Å²) in [5.41, 5.74) is 1.32. The molecule has 3 atom stereocenters. The topological polar surface area (TPSA) is 52.7 Å². The van der Waals surface area contributed by atoms with Gasteiger partial charge in [0.05, 0.1) is 5.92 Å². The lowest BCUT2D eigenvalue weighted by molar-refractivity contribution is -0.134. The summed E-state index contributed by atoms with van der Waals surface area (Å²) in [5, 5.41) is 3.23. The van der Waals surface area contributed by atoms with Crippen molar-refractivity contribution in [3.05, 3.63) is 35.9 Å². The Morgan fingerprint density at radius 3 is 2.60 bits per heavy atom. The lowest BCUT2D eigenvalue weighted by atomic mass is 9.96. The molecule has 1 N–H and O–H groups in total. The van der Waals surface area contributed by atoms with Gasteiger partial charge in [0, 0.05) is 45.2 Å². The average Bonchev–Trinajstić information content (AvgIpc) is 3.10. The predicted molar refractivity (Wildman–Crippen MR) is 98.0 cm³/mol. The molecule has 2 saturated heterocycles. The van der Waals surface area contributed by atoms with Crippen LogP contribution in [0.2, 0.25) is 0 Å². The van der Waals surface area contributed by atoms with Gasteiger partial charge in [-0.1, -0.05) is 30.3 Å². The van der Waals surface area contributed by atoms with E-state index in [1.165, 1.54) is 5.56 Å². The second kappa shape index (κ2) is 8.00. The lowest BCUT2D eigenvalue weighted by Gasteiger charge is -2.32. The minimum atomic E-state index is -0.0572. The van der Waals surface area contributed by atoms with Gasteiger partial charge in [-0.05, 0) is 31.7 Å². The Morgan fingerprint density at radius 2 is 1.88 bits per heavy atom. The molecule has 5 heteroatoms. The molecule has 0 aliphatic carbocycles. The van der Waals surface area contributed by atoms with Crippen molar-refractivity contribution >= 4 is 11.8 Å². The van der Waals surface area contributed by atoms with E-state index in [4.69, 9.17) is 0 Å². The van der Waals surface area contributed by atoms with Gasteiger partial charge < -0.3 is 10.2 Å². The molecule has 0 aromatic heterocycles. The molecule has 3 rings (SSSR count). The highest BCUT2D eigenvalue weighted by atomic mass is 16.2. The van der Waals surface area contributed by atoms with Crippen molar-refractivity contribution in [1.29, 1.82) is 0 Å². The Bertz CT molecular complexity index is 604. The summed E-state index contributed by atoms with van der Waals surface area (Å²) in [6.45, 7) is 7.06. The van der Waals surface area contributed by atoms with Crippen molar-refractivity contribution in [3.63, 3.8) is 0 Å². The molecular weight excluding hydrogens is 314 g/mol. The molecule has 0 saturated carbocycles. The number of piperidine rings is 1. The van der Waals surface area contributed by atoms with Gasteiger partial charge in [0.1, 0.15) is 0 Å². The normalized spacial score (nSPS) is 25.6. The number of benzene rings is 1. The van der Waals surface area contributed by atoms with Crippen molar-refractivity contribution in [2.75, 3.05) is 26.2 Å². The van der Waals surface area contributed by atoms with E-state index in [0.717, 1.165) is 38.9 Å². The predicted octanol–water partition coefficient (Wildman–Crippen LogP) is 2.20. The molecular formula is C20H29N3O2. The monoisotopic (exact) mass is 343 g/mol. The zero-order chi connectivity index (χ0) is 17.8. The van der Waals surface area contributed by atoms with Crippen LogP contribution in [0.4, 0.5) is 0 Å². The molecule has 2 aliphatic heterocycles. The number of amides is 2. The summed E-state index contributed by atoms with van der Waals surface area (Å²) in [7, 11) is 0. The molecule has 2 aliphatic rings. The second-order valence-corrected chi connectivity index (χ2v) is 7.38. The van der Waals surface area contributed by atoms with Crippen LogP contribution >= 0.6 is 0 Å². The van der Waals surface area contributed by atoms with E-state index in [9.17, 15) is 9.59 Å². The largest absolute Gasteiger partial charge is 0.352 e. The van der Waals surface area contributed by atoms with Crippen LogP contribution in [0.5, 0.6) is 0 Å². The SMILES string of the molecule is CC(=O)N1CCC[C@H](C(=O)N[C@H]2CCN([C@@H](C)c3ccccc3)C2)C1. The maximum atomic E-state index is 12.6. The van der Waals surface area contributed by atoms with Crippen LogP contribution in [-0.2, 0) is 9.59 Å². The summed E-state index contributed by atoms with van der Waals surface area (Å²) in [6.07, 6.45) is 2.79. The summed E-state index contributed by atoms with van der Waals surface area (Å²) in [5.74, 6) is 0.129. The average molecular weight is 343 g/mol. The third-order valence-corrected chi connectivity index (χ3v) is 5.63. The maximum absolute atomic E-state index is 12.6. The summed E-state index contributed by atoms with van der Waals surface area (Å²) >= 11 is 0. The number of carbonyl (C=O) groups excluding carboxylic acids is 2. The van der Waals surface area contributed by atoms with E-state index in [-0.39, 0.29) is 23.8 Å². The highest BCUT2D eigenvalue weighted by Crippen LogP contribution is 2.25. The van der Waals surface area contributed by atoms with Crippen LogP contribution in [0.3, 0.4) is 0 Å². The van der Waals surface area contributed by atoms with Crippen molar-refractivity contribution < 1.29 is 9.59 Å². The molecule has 1 aromatic carbocycles. The minimum Gasteiger partial charge on any atom is -0.352 e. The Balaban J connectivity index is 1.51. The van der Waals surface area contributed by atoms with Crippen molar-refractivity contribution in [1.82, 2.24) is 15.1 Å². The van der Waals surface area contributed by atoms with Gasteiger partial charge in [0.2, 0.25) is 11.8 Å². The number of carbonyl (C=O) groups is 2. The highest BCUT2D eigenvalue weighted by molar-refractivity contribution is 5.81. The van der Waals surface area contributed by atoms with E-state index in [1.54, 1.807) is 11.8 Å². The minimum absolute atomic E-state index is 0.0572. The van der Waals surface area contributed by atoms with Gasteiger partial charge >= 0.3 is 0 Å². The lowest BCUT2D eigenvalue weighted by Crippen LogP contribution is -2.47. The van der Waals surface area contributed by atoms with Crippen molar-refractivity contribution in [2.24, 2.45) is 5.92 Å². The fraction of sp³-hybridized carbons (Fsp3) is 0.600. The van der Waals surface area contributed by atoms with E-state index >= 15 is 0 Å². The third-order valence-electron chi connectivity index (χ3n) is 5.63. The molecule has 2 heterocycles. The first-order valence-electron chi connectivity index (χ1n) is 9.39. The number of likely N-dealkylation sites (tertiary alicyclic amines) is 2. The number of nitrogens with zero attached hydrogens (tertiary/aromatic N) is 2. The van der Waals surface area contributed by atoms with Crippen LogP contribution < -0.4 is 5.32 Å². The standard InChI is InChI=1S/C20H29N3O2/c1-15(17-7-4-3-5-8-17)22-12-10-19(14-22)21-20(25)18-9-6-11-23(13-18)16(2)24/h3-5,7-8,15,18-19H,6,9-14H2,1-2H3,(H,21,25)/t15-,18-,19-/m0/s1. The Labute approximate surface area is 150 Å². The number of hydrogen-bond acceptors (Lipinski definition) is 3. The molecule has 136 valence electrons. The third kappa shape index (κ3) is 4.40. The number of hydrogen-bond donors (Lipinski definition) is 1. The molecule has 2 amide bonds. The van der Waals surface area contributed by atoms with E-state index in [1.807, 2.05) is 6.07 Å². The first-order chi connectivity index (χ1) is 12.0. The van der Waals surface area contributed by atoms with Crippen LogP contribution in [0, 0.1) is 5.92 Å². The molecule has 0 radical (unpaired) electrons. The van der Waals surface area contributed by atoms with E-state index in [0.29, 0.717) is 12.6 Å². The molecule has 0 unspecified atom stereocenters. The Hall–Kier alpha value is -1.88. The quantitative estimate of drug-likeness (QED) is 0.912.